The predicted molar refractivity (Wildman–Crippen MR) is 121 cm³/mol. The molecule has 0 aliphatic carbocycles. The lowest BCUT2D eigenvalue weighted by Gasteiger charge is -2.12. The van der Waals surface area contributed by atoms with Crippen molar-refractivity contribution in [3.05, 3.63) is 54.6 Å². The summed E-state index contributed by atoms with van der Waals surface area (Å²) in [6, 6.07) is 16.1. The van der Waals surface area contributed by atoms with Crippen LogP contribution < -0.4 is 9.47 Å². The fourth-order valence-corrected chi connectivity index (χ4v) is 5.14. The molecule has 0 atom stereocenters. The quantitative estimate of drug-likeness (QED) is 0.419. The van der Waals surface area contributed by atoms with E-state index in [0.29, 0.717) is 34.4 Å². The molecule has 162 valence electrons. The second-order valence-corrected chi connectivity index (χ2v) is 9.42. The van der Waals surface area contributed by atoms with Crippen molar-refractivity contribution < 1.29 is 17.9 Å². The summed E-state index contributed by atoms with van der Waals surface area (Å²) in [6.45, 7) is 1.37. The van der Waals surface area contributed by atoms with Gasteiger partial charge in [-0.2, -0.15) is 5.10 Å². The topological polar surface area (TPSA) is 84.5 Å². The second-order valence-electron chi connectivity index (χ2n) is 7.56. The number of fused-ring (bicyclic) bond motifs is 2. The maximum atomic E-state index is 13.6. The average Bonchev–Trinajstić information content (AvgIpc) is 3.21. The van der Waals surface area contributed by atoms with Crippen LogP contribution in [0.25, 0.3) is 21.7 Å². The van der Waals surface area contributed by atoms with Crippen molar-refractivity contribution in [2.45, 2.75) is 16.3 Å². The van der Waals surface area contributed by atoms with Crippen molar-refractivity contribution >= 4 is 31.5 Å². The van der Waals surface area contributed by atoms with Crippen molar-refractivity contribution in [2.24, 2.45) is 0 Å². The van der Waals surface area contributed by atoms with Crippen molar-refractivity contribution in [3.63, 3.8) is 0 Å². The van der Waals surface area contributed by atoms with E-state index in [2.05, 4.69) is 15.1 Å². The van der Waals surface area contributed by atoms with Crippen LogP contribution >= 0.6 is 0 Å². The fraction of sp³-hybridized carbons (Fsp3) is 0.261. The number of hydrogen-bond donors (Lipinski definition) is 1. The number of sulfone groups is 1. The molecule has 1 N–H and O–H groups in total. The number of rotatable bonds is 8. The zero-order valence-corrected chi connectivity index (χ0v) is 18.6. The molecule has 0 spiro atoms. The van der Waals surface area contributed by atoms with E-state index >= 15 is 0 Å². The van der Waals surface area contributed by atoms with Gasteiger partial charge in [-0.05, 0) is 38.0 Å². The molecular formula is C23H25N3O4S. The second kappa shape index (κ2) is 8.56. The van der Waals surface area contributed by atoms with Gasteiger partial charge in [0.15, 0.2) is 10.8 Å². The summed E-state index contributed by atoms with van der Waals surface area (Å²) in [4.78, 5) is 2.31. The molecule has 7 nitrogen and oxygen atoms in total. The van der Waals surface area contributed by atoms with Crippen LogP contribution in [0.1, 0.15) is 6.42 Å². The molecule has 8 heteroatoms. The van der Waals surface area contributed by atoms with E-state index in [-0.39, 0.29) is 9.92 Å². The van der Waals surface area contributed by atoms with Gasteiger partial charge in [0, 0.05) is 23.4 Å². The fourth-order valence-electron chi connectivity index (χ4n) is 3.57. The van der Waals surface area contributed by atoms with Crippen LogP contribution in [0.5, 0.6) is 11.5 Å². The summed E-state index contributed by atoms with van der Waals surface area (Å²) < 4.78 is 38.5. The van der Waals surface area contributed by atoms with E-state index in [1.807, 2.05) is 38.4 Å². The van der Waals surface area contributed by atoms with Crippen LogP contribution in [0, 0.1) is 0 Å². The van der Waals surface area contributed by atoms with E-state index in [9.17, 15) is 8.42 Å². The Balaban J connectivity index is 1.80. The van der Waals surface area contributed by atoms with E-state index in [0.717, 1.165) is 18.4 Å². The Kier molecular flexibility index (Phi) is 5.84. The Bertz CT molecular complexity index is 1320. The molecule has 0 amide bonds. The highest BCUT2D eigenvalue weighted by atomic mass is 32.2. The molecule has 0 bridgehead atoms. The van der Waals surface area contributed by atoms with Gasteiger partial charge < -0.3 is 14.4 Å². The van der Waals surface area contributed by atoms with Gasteiger partial charge in [0.2, 0.25) is 9.84 Å². The molecule has 0 aliphatic rings. The third-order valence-electron chi connectivity index (χ3n) is 5.11. The number of aromatic amines is 1. The number of ether oxygens (including phenoxy) is 2. The summed E-state index contributed by atoms with van der Waals surface area (Å²) >= 11 is 0. The van der Waals surface area contributed by atoms with Gasteiger partial charge in [0.1, 0.15) is 11.3 Å². The van der Waals surface area contributed by atoms with Crippen LogP contribution in [0.2, 0.25) is 0 Å². The number of nitrogens with one attached hydrogen (secondary N) is 1. The van der Waals surface area contributed by atoms with Gasteiger partial charge in [0.25, 0.3) is 0 Å². The molecule has 4 aromatic rings. The van der Waals surface area contributed by atoms with Crippen LogP contribution in [0.3, 0.4) is 0 Å². The molecule has 0 fully saturated rings. The summed E-state index contributed by atoms with van der Waals surface area (Å²) in [5, 5.41) is 9.00. The van der Waals surface area contributed by atoms with Crippen LogP contribution in [-0.2, 0) is 9.84 Å². The minimum Gasteiger partial charge on any atom is -0.497 e. The molecule has 0 radical (unpaired) electrons. The summed E-state index contributed by atoms with van der Waals surface area (Å²) in [5.41, 5.74) is 0.462. The first-order chi connectivity index (χ1) is 14.9. The maximum Gasteiger partial charge on any atom is 0.224 e. The maximum absolute atomic E-state index is 13.6. The summed E-state index contributed by atoms with van der Waals surface area (Å²) in [6.07, 6.45) is 0.831. The highest BCUT2D eigenvalue weighted by molar-refractivity contribution is 7.91. The van der Waals surface area contributed by atoms with Gasteiger partial charge >= 0.3 is 0 Å². The van der Waals surface area contributed by atoms with E-state index in [4.69, 9.17) is 9.47 Å². The van der Waals surface area contributed by atoms with E-state index < -0.39 is 9.84 Å². The molecule has 0 saturated heterocycles. The Morgan fingerprint density at radius 2 is 1.81 bits per heavy atom. The van der Waals surface area contributed by atoms with Crippen molar-refractivity contribution in [1.29, 1.82) is 0 Å². The molecular weight excluding hydrogens is 414 g/mol. The average molecular weight is 440 g/mol. The third kappa shape index (κ3) is 4.08. The van der Waals surface area contributed by atoms with Crippen molar-refractivity contribution in [3.8, 4) is 11.5 Å². The van der Waals surface area contributed by atoms with Crippen molar-refractivity contribution in [1.82, 2.24) is 15.1 Å². The standard InChI is InChI=1S/C23H25N3O4S/c1-26(2)12-7-13-30-20-15-17(29-3)14-19-22(20)24-25-23(19)31(27,28)21-11-6-9-16-8-4-5-10-18(16)21/h4-6,8-11,14-15H,7,12-13H2,1-3H3,(H,24,25). The minimum absolute atomic E-state index is 0.0240. The zero-order valence-electron chi connectivity index (χ0n) is 17.8. The molecule has 0 unspecified atom stereocenters. The lowest BCUT2D eigenvalue weighted by atomic mass is 10.1. The van der Waals surface area contributed by atoms with Gasteiger partial charge in [0.05, 0.1) is 18.6 Å². The van der Waals surface area contributed by atoms with Crippen LogP contribution in [0.15, 0.2) is 64.5 Å². The van der Waals surface area contributed by atoms with E-state index in [1.54, 1.807) is 30.3 Å². The molecule has 3 aromatic carbocycles. The number of nitrogens with zero attached hydrogens (tertiary/aromatic N) is 2. The number of benzene rings is 3. The summed E-state index contributed by atoms with van der Waals surface area (Å²) in [5.74, 6) is 0.995. The van der Waals surface area contributed by atoms with Crippen LogP contribution in [-0.4, -0.2) is 57.9 Å². The van der Waals surface area contributed by atoms with Gasteiger partial charge in [-0.15, -0.1) is 0 Å². The molecule has 4 rings (SSSR count). The molecule has 31 heavy (non-hydrogen) atoms. The Morgan fingerprint density at radius 3 is 2.58 bits per heavy atom. The number of aromatic nitrogens is 2. The number of hydrogen-bond acceptors (Lipinski definition) is 6. The van der Waals surface area contributed by atoms with Gasteiger partial charge in [-0.1, -0.05) is 36.4 Å². The first kappa shape index (κ1) is 21.1. The molecule has 1 aromatic heterocycles. The zero-order chi connectivity index (χ0) is 22.0. The lowest BCUT2D eigenvalue weighted by molar-refractivity contribution is 0.282. The molecule has 0 saturated carbocycles. The first-order valence-corrected chi connectivity index (χ1v) is 11.5. The Hall–Kier alpha value is -3.10. The molecule has 0 aliphatic heterocycles. The first-order valence-electron chi connectivity index (χ1n) is 9.98. The van der Waals surface area contributed by atoms with Gasteiger partial charge in [-0.25, -0.2) is 8.42 Å². The van der Waals surface area contributed by atoms with Crippen molar-refractivity contribution in [2.75, 3.05) is 34.4 Å². The normalized spacial score (nSPS) is 12.0. The monoisotopic (exact) mass is 439 g/mol. The van der Waals surface area contributed by atoms with Gasteiger partial charge in [-0.3, -0.25) is 5.10 Å². The SMILES string of the molecule is COc1cc(OCCCN(C)C)c2n[nH]c(S(=O)(=O)c3cccc4ccccc34)c2c1. The highest BCUT2D eigenvalue weighted by Crippen LogP contribution is 2.36. The Morgan fingerprint density at radius 1 is 1.03 bits per heavy atom. The smallest absolute Gasteiger partial charge is 0.224 e. The largest absolute Gasteiger partial charge is 0.497 e. The third-order valence-corrected chi connectivity index (χ3v) is 6.90. The summed E-state index contributed by atoms with van der Waals surface area (Å²) in [7, 11) is 1.68. The minimum atomic E-state index is -3.86. The Labute approximate surface area is 181 Å². The number of H-pyrrole nitrogens is 1. The van der Waals surface area contributed by atoms with E-state index in [1.165, 1.54) is 7.11 Å². The van der Waals surface area contributed by atoms with Crippen LogP contribution in [0.4, 0.5) is 0 Å². The lowest BCUT2D eigenvalue weighted by Crippen LogP contribution is -2.15. The number of methoxy groups -OCH3 is 1. The predicted octanol–water partition coefficient (Wildman–Crippen LogP) is 3.89. The molecule has 1 heterocycles. The highest BCUT2D eigenvalue weighted by Gasteiger charge is 2.26.